The van der Waals surface area contributed by atoms with Crippen molar-refractivity contribution < 1.29 is 4.74 Å². The van der Waals surface area contributed by atoms with Crippen LogP contribution in [0.4, 0.5) is 0 Å². The SMILES string of the molecule is CCNC(C#N)(CN1CCCC(C)(OC)C1)C1CC1. The van der Waals surface area contributed by atoms with Gasteiger partial charge in [0.1, 0.15) is 5.54 Å². The first-order chi connectivity index (χ1) is 9.07. The molecular formula is C15H27N3O. The standard InChI is InChI=1S/C15H27N3O/c1-4-17-15(10-16,13-6-7-13)12-18-9-5-8-14(2,11-18)19-3/h13,17H,4-9,11-12H2,1-3H3. The van der Waals surface area contributed by atoms with Crippen LogP contribution in [0.3, 0.4) is 0 Å². The Morgan fingerprint density at radius 2 is 2.26 bits per heavy atom. The summed E-state index contributed by atoms with van der Waals surface area (Å²) >= 11 is 0. The van der Waals surface area contributed by atoms with Crippen molar-refractivity contribution in [3.63, 3.8) is 0 Å². The van der Waals surface area contributed by atoms with Gasteiger partial charge in [-0.2, -0.15) is 5.26 Å². The van der Waals surface area contributed by atoms with Crippen molar-refractivity contribution in [1.82, 2.24) is 10.2 Å². The van der Waals surface area contributed by atoms with Gasteiger partial charge in [-0.1, -0.05) is 6.92 Å². The number of nitriles is 1. The minimum absolute atomic E-state index is 0.0464. The summed E-state index contributed by atoms with van der Waals surface area (Å²) in [6.07, 6.45) is 4.65. The molecule has 0 aromatic carbocycles. The number of methoxy groups -OCH3 is 1. The number of hydrogen-bond donors (Lipinski definition) is 1. The van der Waals surface area contributed by atoms with Gasteiger partial charge in [0.05, 0.1) is 11.7 Å². The van der Waals surface area contributed by atoms with Crippen LogP contribution in [0.5, 0.6) is 0 Å². The second-order valence-corrected chi connectivity index (χ2v) is 6.36. The van der Waals surface area contributed by atoms with Crippen LogP contribution in [0.25, 0.3) is 0 Å². The van der Waals surface area contributed by atoms with Gasteiger partial charge < -0.3 is 4.74 Å². The number of likely N-dealkylation sites (tertiary alicyclic amines) is 1. The lowest BCUT2D eigenvalue weighted by molar-refractivity contribution is -0.0549. The second kappa shape index (κ2) is 5.78. The number of nitrogens with one attached hydrogen (secondary N) is 1. The fourth-order valence-corrected chi connectivity index (χ4v) is 3.35. The average molecular weight is 265 g/mol. The Labute approximate surface area is 117 Å². The molecule has 19 heavy (non-hydrogen) atoms. The third kappa shape index (κ3) is 3.28. The van der Waals surface area contributed by atoms with Crippen LogP contribution >= 0.6 is 0 Å². The summed E-state index contributed by atoms with van der Waals surface area (Å²) in [6, 6.07) is 2.58. The molecule has 4 heteroatoms. The third-order valence-electron chi connectivity index (χ3n) is 4.67. The molecule has 2 fully saturated rings. The third-order valence-corrected chi connectivity index (χ3v) is 4.67. The monoisotopic (exact) mass is 265 g/mol. The molecule has 2 aliphatic rings. The summed E-state index contributed by atoms with van der Waals surface area (Å²) in [7, 11) is 1.80. The second-order valence-electron chi connectivity index (χ2n) is 6.36. The van der Waals surface area contributed by atoms with E-state index in [1.807, 2.05) is 0 Å². The Hall–Kier alpha value is -0.630. The van der Waals surface area contributed by atoms with Crippen molar-refractivity contribution in [3.05, 3.63) is 0 Å². The van der Waals surface area contributed by atoms with Gasteiger partial charge in [0.15, 0.2) is 0 Å². The van der Waals surface area contributed by atoms with Crippen molar-refractivity contribution in [1.29, 1.82) is 5.26 Å². The van der Waals surface area contributed by atoms with Gasteiger partial charge in [-0.3, -0.25) is 10.2 Å². The summed E-state index contributed by atoms with van der Waals surface area (Å²) < 4.78 is 5.65. The molecule has 1 saturated carbocycles. The summed E-state index contributed by atoms with van der Waals surface area (Å²) in [5.41, 5.74) is -0.393. The maximum Gasteiger partial charge on any atom is 0.122 e. The Kier molecular flexibility index (Phi) is 4.50. The van der Waals surface area contributed by atoms with E-state index in [2.05, 4.69) is 30.1 Å². The first-order valence-electron chi connectivity index (χ1n) is 7.51. The maximum atomic E-state index is 9.67. The largest absolute Gasteiger partial charge is 0.377 e. The van der Waals surface area contributed by atoms with E-state index in [0.29, 0.717) is 5.92 Å². The molecule has 1 N–H and O–H groups in total. The fourth-order valence-electron chi connectivity index (χ4n) is 3.35. The van der Waals surface area contributed by atoms with Crippen molar-refractivity contribution in [2.45, 2.75) is 50.7 Å². The number of piperidine rings is 1. The molecule has 1 saturated heterocycles. The predicted molar refractivity (Wildman–Crippen MR) is 75.8 cm³/mol. The van der Waals surface area contributed by atoms with E-state index >= 15 is 0 Å². The number of likely N-dealkylation sites (N-methyl/N-ethyl adjacent to an activating group) is 1. The molecule has 1 aliphatic carbocycles. The lowest BCUT2D eigenvalue weighted by atomic mass is 9.90. The molecule has 0 aromatic heterocycles. The van der Waals surface area contributed by atoms with Gasteiger partial charge in [0.2, 0.25) is 0 Å². The van der Waals surface area contributed by atoms with E-state index in [0.717, 1.165) is 39.0 Å². The highest BCUT2D eigenvalue weighted by Gasteiger charge is 2.47. The molecule has 108 valence electrons. The van der Waals surface area contributed by atoms with Gasteiger partial charge >= 0.3 is 0 Å². The van der Waals surface area contributed by atoms with Crippen LogP contribution in [0.15, 0.2) is 0 Å². The Morgan fingerprint density at radius 1 is 1.53 bits per heavy atom. The van der Waals surface area contributed by atoms with Crippen LogP contribution in [-0.2, 0) is 4.74 Å². The molecule has 1 heterocycles. The van der Waals surface area contributed by atoms with Crippen LogP contribution in [0, 0.1) is 17.2 Å². The van der Waals surface area contributed by atoms with Crippen LogP contribution < -0.4 is 5.32 Å². The van der Waals surface area contributed by atoms with E-state index < -0.39 is 0 Å². The minimum Gasteiger partial charge on any atom is -0.377 e. The van der Waals surface area contributed by atoms with E-state index in [1.54, 1.807) is 7.11 Å². The molecule has 0 amide bonds. The number of ether oxygens (including phenoxy) is 1. The normalized spacial score (nSPS) is 31.7. The van der Waals surface area contributed by atoms with Crippen LogP contribution in [-0.4, -0.2) is 49.3 Å². The smallest absolute Gasteiger partial charge is 0.122 e. The van der Waals surface area contributed by atoms with Crippen LogP contribution in [0.1, 0.15) is 39.5 Å². The molecule has 2 rings (SSSR count). The fraction of sp³-hybridized carbons (Fsp3) is 0.933. The molecular weight excluding hydrogens is 238 g/mol. The molecule has 1 aliphatic heterocycles. The molecule has 4 nitrogen and oxygen atoms in total. The minimum atomic E-state index is -0.346. The zero-order valence-electron chi connectivity index (χ0n) is 12.5. The van der Waals surface area contributed by atoms with Gasteiger partial charge in [-0.25, -0.2) is 0 Å². The molecule has 2 unspecified atom stereocenters. The molecule has 0 spiro atoms. The van der Waals surface area contributed by atoms with Crippen LogP contribution in [0.2, 0.25) is 0 Å². The zero-order chi connectivity index (χ0) is 13.9. The highest BCUT2D eigenvalue weighted by molar-refractivity contribution is 5.17. The van der Waals surface area contributed by atoms with Crippen molar-refractivity contribution in [3.8, 4) is 6.07 Å². The van der Waals surface area contributed by atoms with Gasteiger partial charge in [-0.05, 0) is 51.6 Å². The van der Waals surface area contributed by atoms with Gasteiger partial charge in [0, 0.05) is 20.2 Å². The zero-order valence-corrected chi connectivity index (χ0v) is 12.5. The number of hydrogen-bond acceptors (Lipinski definition) is 4. The van der Waals surface area contributed by atoms with E-state index in [1.165, 1.54) is 12.8 Å². The summed E-state index contributed by atoms with van der Waals surface area (Å²) in [5.74, 6) is 0.535. The molecule has 0 bridgehead atoms. The number of nitrogens with zero attached hydrogens (tertiary/aromatic N) is 2. The Bertz CT molecular complexity index is 350. The topological polar surface area (TPSA) is 48.3 Å². The molecule has 0 aromatic rings. The maximum absolute atomic E-state index is 9.67. The van der Waals surface area contributed by atoms with Crippen molar-refractivity contribution in [2.75, 3.05) is 33.3 Å². The summed E-state index contributed by atoms with van der Waals surface area (Å²) in [5, 5.41) is 13.1. The first-order valence-corrected chi connectivity index (χ1v) is 7.51. The highest BCUT2D eigenvalue weighted by atomic mass is 16.5. The Balaban J connectivity index is 2.03. The molecule has 2 atom stereocenters. The highest BCUT2D eigenvalue weighted by Crippen LogP contribution is 2.40. The first kappa shape index (κ1) is 14.8. The van der Waals surface area contributed by atoms with Gasteiger partial charge in [0.25, 0.3) is 0 Å². The van der Waals surface area contributed by atoms with E-state index in [4.69, 9.17) is 4.74 Å². The number of rotatable bonds is 6. The quantitative estimate of drug-likeness (QED) is 0.795. The van der Waals surface area contributed by atoms with Gasteiger partial charge in [-0.15, -0.1) is 0 Å². The predicted octanol–water partition coefficient (Wildman–Crippen LogP) is 1.77. The van der Waals surface area contributed by atoms with E-state index in [9.17, 15) is 5.26 Å². The Morgan fingerprint density at radius 3 is 2.79 bits per heavy atom. The summed E-state index contributed by atoms with van der Waals surface area (Å²) in [4.78, 5) is 2.41. The lowest BCUT2D eigenvalue weighted by Crippen LogP contribution is -2.58. The molecule has 0 radical (unpaired) electrons. The van der Waals surface area contributed by atoms with E-state index in [-0.39, 0.29) is 11.1 Å². The van der Waals surface area contributed by atoms with Crippen molar-refractivity contribution in [2.24, 2.45) is 5.92 Å². The lowest BCUT2D eigenvalue weighted by Gasteiger charge is -2.42. The average Bonchev–Trinajstić information content (AvgIpc) is 3.23. The van der Waals surface area contributed by atoms with Crippen molar-refractivity contribution >= 4 is 0 Å². The summed E-state index contributed by atoms with van der Waals surface area (Å²) in [6.45, 7) is 7.98.